The van der Waals surface area contributed by atoms with E-state index in [1.807, 2.05) is 13.0 Å². The monoisotopic (exact) mass is 356 g/mol. The molecule has 6 heteroatoms. The van der Waals surface area contributed by atoms with Gasteiger partial charge in [0.25, 0.3) is 5.91 Å². The molecule has 0 spiro atoms. The van der Waals surface area contributed by atoms with Crippen molar-refractivity contribution < 1.29 is 18.7 Å². The molecule has 1 heterocycles. The first-order chi connectivity index (χ1) is 12.5. The second-order valence-electron chi connectivity index (χ2n) is 6.29. The second-order valence-corrected chi connectivity index (χ2v) is 6.29. The van der Waals surface area contributed by atoms with Gasteiger partial charge in [-0.2, -0.15) is 0 Å². The van der Waals surface area contributed by atoms with Gasteiger partial charge in [0.15, 0.2) is 6.61 Å². The van der Waals surface area contributed by atoms with Crippen molar-refractivity contribution in [3.63, 3.8) is 0 Å². The van der Waals surface area contributed by atoms with Crippen LogP contribution < -0.4 is 4.90 Å². The zero-order chi connectivity index (χ0) is 18.5. The summed E-state index contributed by atoms with van der Waals surface area (Å²) in [6.45, 7) is 4.02. The minimum absolute atomic E-state index is 0.204. The Kier molecular flexibility index (Phi) is 5.51. The molecule has 0 N–H and O–H groups in total. The molecule has 0 radical (unpaired) electrons. The van der Waals surface area contributed by atoms with Crippen molar-refractivity contribution in [2.45, 2.75) is 6.92 Å². The molecule has 136 valence electrons. The number of hydrogen-bond acceptors (Lipinski definition) is 4. The molecule has 1 amide bonds. The van der Waals surface area contributed by atoms with Crippen LogP contribution in [0.5, 0.6) is 0 Å². The summed E-state index contributed by atoms with van der Waals surface area (Å²) in [4.78, 5) is 28.1. The van der Waals surface area contributed by atoms with E-state index in [2.05, 4.69) is 4.90 Å². The van der Waals surface area contributed by atoms with Gasteiger partial charge in [-0.25, -0.2) is 9.18 Å². The minimum atomic E-state index is -0.494. The summed E-state index contributed by atoms with van der Waals surface area (Å²) in [5, 5.41) is 0. The fourth-order valence-electron chi connectivity index (χ4n) is 2.94. The zero-order valence-electron chi connectivity index (χ0n) is 14.7. The van der Waals surface area contributed by atoms with Gasteiger partial charge in [0.1, 0.15) is 5.82 Å². The van der Waals surface area contributed by atoms with E-state index in [-0.39, 0.29) is 18.3 Å². The van der Waals surface area contributed by atoms with Crippen LogP contribution in [0.15, 0.2) is 48.5 Å². The molecule has 0 aromatic heterocycles. The van der Waals surface area contributed by atoms with Crippen molar-refractivity contribution >= 4 is 17.6 Å². The molecule has 0 bridgehead atoms. The second kappa shape index (κ2) is 7.99. The lowest BCUT2D eigenvalue weighted by atomic mass is 10.1. The van der Waals surface area contributed by atoms with Gasteiger partial charge in [-0.1, -0.05) is 17.7 Å². The topological polar surface area (TPSA) is 49.9 Å². The van der Waals surface area contributed by atoms with Crippen LogP contribution in [0.4, 0.5) is 10.1 Å². The molecule has 2 aromatic carbocycles. The number of rotatable bonds is 4. The predicted molar refractivity (Wildman–Crippen MR) is 96.7 cm³/mol. The molecular formula is C20H21FN2O3. The van der Waals surface area contributed by atoms with Crippen molar-refractivity contribution in [3.8, 4) is 0 Å². The largest absolute Gasteiger partial charge is 0.452 e. The fourth-order valence-corrected chi connectivity index (χ4v) is 2.94. The summed E-state index contributed by atoms with van der Waals surface area (Å²) in [6.07, 6.45) is 0. The minimum Gasteiger partial charge on any atom is -0.452 e. The summed E-state index contributed by atoms with van der Waals surface area (Å²) in [5.74, 6) is -0.963. The van der Waals surface area contributed by atoms with Crippen LogP contribution in [0, 0.1) is 12.7 Å². The molecular weight excluding hydrogens is 335 g/mol. The number of carbonyl (C=O) groups is 2. The normalized spacial score (nSPS) is 14.2. The molecule has 0 unspecified atom stereocenters. The SMILES string of the molecule is Cc1cccc(C(=O)OCC(=O)N2CCN(c3ccc(F)cc3)CC2)c1. The number of hydrogen-bond donors (Lipinski definition) is 0. The lowest BCUT2D eigenvalue weighted by Crippen LogP contribution is -2.49. The van der Waals surface area contributed by atoms with Gasteiger partial charge in [-0.15, -0.1) is 0 Å². The lowest BCUT2D eigenvalue weighted by molar-refractivity contribution is -0.134. The molecule has 1 aliphatic heterocycles. The Morgan fingerprint density at radius 1 is 1.04 bits per heavy atom. The molecule has 0 atom stereocenters. The number of halogens is 1. The number of benzene rings is 2. The first-order valence-corrected chi connectivity index (χ1v) is 8.55. The first kappa shape index (κ1) is 17.9. The van der Waals surface area contributed by atoms with Crippen LogP contribution in [0.25, 0.3) is 0 Å². The van der Waals surface area contributed by atoms with Crippen molar-refractivity contribution in [1.29, 1.82) is 0 Å². The third kappa shape index (κ3) is 4.39. The molecule has 0 aliphatic carbocycles. The number of carbonyl (C=O) groups excluding carboxylic acids is 2. The summed E-state index contributed by atoms with van der Waals surface area (Å²) >= 11 is 0. The van der Waals surface area contributed by atoms with Gasteiger partial charge in [-0.3, -0.25) is 4.79 Å². The van der Waals surface area contributed by atoms with E-state index in [1.54, 1.807) is 35.2 Å². The summed E-state index contributed by atoms with van der Waals surface area (Å²) in [6, 6.07) is 13.4. The Labute approximate surface area is 152 Å². The van der Waals surface area contributed by atoms with Crippen LogP contribution in [-0.4, -0.2) is 49.6 Å². The van der Waals surface area contributed by atoms with Crippen molar-refractivity contribution in [2.24, 2.45) is 0 Å². The Bertz CT molecular complexity index is 784. The van der Waals surface area contributed by atoms with E-state index in [9.17, 15) is 14.0 Å². The highest BCUT2D eigenvalue weighted by molar-refractivity contribution is 5.91. The number of nitrogens with zero attached hydrogens (tertiary/aromatic N) is 2. The van der Waals surface area contributed by atoms with E-state index in [0.29, 0.717) is 31.7 Å². The van der Waals surface area contributed by atoms with E-state index >= 15 is 0 Å². The average Bonchev–Trinajstić information content (AvgIpc) is 2.66. The summed E-state index contributed by atoms with van der Waals surface area (Å²) < 4.78 is 18.1. The van der Waals surface area contributed by atoms with E-state index in [0.717, 1.165) is 11.3 Å². The van der Waals surface area contributed by atoms with Crippen molar-refractivity contribution in [2.75, 3.05) is 37.7 Å². The standard InChI is InChI=1S/C20H21FN2O3/c1-15-3-2-4-16(13-15)20(25)26-14-19(24)23-11-9-22(10-12-23)18-7-5-17(21)6-8-18/h2-8,13H,9-12,14H2,1H3. The number of amides is 1. The molecule has 1 fully saturated rings. The van der Waals surface area contributed by atoms with Crippen LogP contribution in [0.2, 0.25) is 0 Å². The van der Waals surface area contributed by atoms with E-state index in [4.69, 9.17) is 4.74 Å². The Morgan fingerprint density at radius 3 is 2.38 bits per heavy atom. The molecule has 1 aliphatic rings. The van der Waals surface area contributed by atoms with Gasteiger partial charge in [0.05, 0.1) is 5.56 Å². The maximum absolute atomic E-state index is 13.0. The number of esters is 1. The third-order valence-corrected chi connectivity index (χ3v) is 4.40. The predicted octanol–water partition coefficient (Wildman–Crippen LogP) is 2.64. The lowest BCUT2D eigenvalue weighted by Gasteiger charge is -2.36. The Balaban J connectivity index is 1.47. The Morgan fingerprint density at radius 2 is 1.73 bits per heavy atom. The molecule has 5 nitrogen and oxygen atoms in total. The molecule has 1 saturated heterocycles. The van der Waals surface area contributed by atoms with Crippen LogP contribution in [0.3, 0.4) is 0 Å². The molecule has 0 saturated carbocycles. The highest BCUT2D eigenvalue weighted by atomic mass is 19.1. The highest BCUT2D eigenvalue weighted by Crippen LogP contribution is 2.17. The van der Waals surface area contributed by atoms with Crippen LogP contribution in [-0.2, 0) is 9.53 Å². The third-order valence-electron chi connectivity index (χ3n) is 4.40. The van der Waals surface area contributed by atoms with E-state index in [1.165, 1.54) is 12.1 Å². The smallest absolute Gasteiger partial charge is 0.338 e. The van der Waals surface area contributed by atoms with Crippen molar-refractivity contribution in [3.05, 3.63) is 65.5 Å². The molecule has 3 rings (SSSR count). The average molecular weight is 356 g/mol. The van der Waals surface area contributed by atoms with Gasteiger partial charge in [0.2, 0.25) is 0 Å². The Hall–Kier alpha value is -2.89. The van der Waals surface area contributed by atoms with Crippen LogP contribution in [0.1, 0.15) is 15.9 Å². The maximum Gasteiger partial charge on any atom is 0.338 e. The van der Waals surface area contributed by atoms with Gasteiger partial charge in [-0.05, 0) is 43.3 Å². The van der Waals surface area contributed by atoms with Crippen molar-refractivity contribution in [1.82, 2.24) is 4.90 Å². The first-order valence-electron chi connectivity index (χ1n) is 8.55. The fraction of sp³-hybridized carbons (Fsp3) is 0.300. The summed E-state index contributed by atoms with van der Waals surface area (Å²) in [7, 11) is 0. The summed E-state index contributed by atoms with van der Waals surface area (Å²) in [5.41, 5.74) is 2.34. The number of anilines is 1. The number of ether oxygens (including phenoxy) is 1. The van der Waals surface area contributed by atoms with Gasteiger partial charge >= 0.3 is 5.97 Å². The quantitative estimate of drug-likeness (QED) is 0.791. The maximum atomic E-state index is 13.0. The number of aryl methyl sites for hydroxylation is 1. The number of piperazine rings is 1. The molecule has 2 aromatic rings. The van der Waals surface area contributed by atoms with E-state index < -0.39 is 5.97 Å². The van der Waals surface area contributed by atoms with Crippen LogP contribution >= 0.6 is 0 Å². The highest BCUT2D eigenvalue weighted by Gasteiger charge is 2.22. The van der Waals surface area contributed by atoms with Gasteiger partial charge in [0, 0.05) is 31.9 Å². The van der Waals surface area contributed by atoms with Gasteiger partial charge < -0.3 is 14.5 Å². The zero-order valence-corrected chi connectivity index (χ0v) is 14.7. The molecule has 26 heavy (non-hydrogen) atoms.